The summed E-state index contributed by atoms with van der Waals surface area (Å²) in [5, 5.41) is 22.4. The van der Waals surface area contributed by atoms with E-state index in [2.05, 4.69) is 5.43 Å². The van der Waals surface area contributed by atoms with Gasteiger partial charge in [-0.15, -0.1) is 0 Å². The number of non-ortho nitro benzene ring substituents is 1. The first-order chi connectivity index (χ1) is 12.3. The number of thiocarbonyl (C=S) groups is 1. The van der Waals surface area contributed by atoms with Gasteiger partial charge in [0.05, 0.1) is 21.6 Å². The van der Waals surface area contributed by atoms with Crippen LogP contribution < -0.4 is 5.43 Å². The molecule has 132 valence electrons. The molecule has 1 amide bonds. The molecule has 3 rings (SSSR count). The zero-order chi connectivity index (χ0) is 18.8. The predicted octanol–water partition coefficient (Wildman–Crippen LogP) is 3.32. The number of carbonyl (C=O) groups excluding carboxylic acids is 1. The van der Waals surface area contributed by atoms with Crippen LogP contribution in [-0.4, -0.2) is 25.1 Å². The first kappa shape index (κ1) is 17.6. The number of hydrazine groups is 1. The Kier molecular flexibility index (Phi) is 4.69. The van der Waals surface area contributed by atoms with Gasteiger partial charge in [-0.05, 0) is 30.4 Å². The molecule has 0 aliphatic carbocycles. The standard InChI is InChI=1S/C14H8N4O6S2/c19-13-11(7-10-5-6-12(24-10)18(22)23)26-14(25)16(13)15-8-1-3-9(4-2-8)17(20)21/h1-7,15H/b11-7+. The zero-order valence-electron chi connectivity index (χ0n) is 12.6. The second kappa shape index (κ2) is 6.93. The summed E-state index contributed by atoms with van der Waals surface area (Å²) in [4.78, 5) is 32.7. The van der Waals surface area contributed by atoms with Gasteiger partial charge in [-0.25, -0.2) is 5.01 Å². The normalized spacial score (nSPS) is 15.5. The number of carbonyl (C=O) groups is 1. The summed E-state index contributed by atoms with van der Waals surface area (Å²) in [6.45, 7) is 0. The van der Waals surface area contributed by atoms with E-state index in [4.69, 9.17) is 16.6 Å². The van der Waals surface area contributed by atoms with Crippen LogP contribution in [0.1, 0.15) is 5.76 Å². The molecule has 10 nitrogen and oxygen atoms in total. The highest BCUT2D eigenvalue weighted by molar-refractivity contribution is 8.26. The number of benzene rings is 1. The van der Waals surface area contributed by atoms with Gasteiger partial charge in [0.2, 0.25) is 0 Å². The molecule has 1 aliphatic rings. The first-order valence-corrected chi connectivity index (χ1v) is 8.11. The molecule has 0 bridgehead atoms. The maximum Gasteiger partial charge on any atom is 0.433 e. The fourth-order valence-electron chi connectivity index (χ4n) is 2.00. The van der Waals surface area contributed by atoms with E-state index in [-0.39, 0.29) is 20.7 Å². The lowest BCUT2D eigenvalue weighted by Gasteiger charge is -2.16. The summed E-state index contributed by atoms with van der Waals surface area (Å²) in [5.41, 5.74) is 3.11. The monoisotopic (exact) mass is 392 g/mol. The molecule has 1 aromatic heterocycles. The lowest BCUT2D eigenvalue weighted by molar-refractivity contribution is -0.402. The van der Waals surface area contributed by atoms with E-state index in [0.717, 1.165) is 16.8 Å². The van der Waals surface area contributed by atoms with Crippen molar-refractivity contribution in [3.63, 3.8) is 0 Å². The van der Waals surface area contributed by atoms with Crippen molar-refractivity contribution in [3.8, 4) is 0 Å². The van der Waals surface area contributed by atoms with Gasteiger partial charge in [0.15, 0.2) is 4.32 Å². The highest BCUT2D eigenvalue weighted by Crippen LogP contribution is 2.33. The van der Waals surface area contributed by atoms with Crippen molar-refractivity contribution < 1.29 is 19.1 Å². The Morgan fingerprint density at radius 2 is 1.81 bits per heavy atom. The van der Waals surface area contributed by atoms with Crippen LogP contribution in [0.25, 0.3) is 6.08 Å². The first-order valence-electron chi connectivity index (χ1n) is 6.88. The van der Waals surface area contributed by atoms with E-state index < -0.39 is 21.6 Å². The van der Waals surface area contributed by atoms with E-state index in [9.17, 15) is 25.0 Å². The third kappa shape index (κ3) is 3.55. The van der Waals surface area contributed by atoms with Crippen molar-refractivity contribution >= 4 is 57.5 Å². The van der Waals surface area contributed by atoms with Crippen molar-refractivity contribution in [2.24, 2.45) is 0 Å². The van der Waals surface area contributed by atoms with Crippen LogP contribution in [0.5, 0.6) is 0 Å². The highest BCUT2D eigenvalue weighted by Gasteiger charge is 2.33. The molecule has 1 aliphatic heterocycles. The zero-order valence-corrected chi connectivity index (χ0v) is 14.3. The van der Waals surface area contributed by atoms with Crippen LogP contribution in [-0.2, 0) is 4.79 Å². The molecule has 2 aromatic rings. The Morgan fingerprint density at radius 1 is 1.12 bits per heavy atom. The maximum atomic E-state index is 12.4. The van der Waals surface area contributed by atoms with Crippen molar-refractivity contribution in [3.05, 3.63) is 67.3 Å². The van der Waals surface area contributed by atoms with Crippen LogP contribution in [0, 0.1) is 20.2 Å². The number of nitrogens with one attached hydrogen (secondary N) is 1. The van der Waals surface area contributed by atoms with Crippen LogP contribution in [0.2, 0.25) is 0 Å². The molecule has 0 radical (unpaired) electrons. The Labute approximate surface area is 154 Å². The Hall–Kier alpha value is -3.25. The SMILES string of the molecule is O=C1/C(=C\c2ccc([N+](=O)[O-])o2)SC(=S)N1Nc1ccc([N+](=O)[O-])cc1. The number of nitrogens with zero attached hydrogens (tertiary/aromatic N) is 3. The quantitative estimate of drug-likeness (QED) is 0.352. The average Bonchev–Trinajstić information content (AvgIpc) is 3.16. The van der Waals surface area contributed by atoms with Gasteiger partial charge < -0.3 is 4.42 Å². The number of furan rings is 1. The molecule has 1 N–H and O–H groups in total. The minimum absolute atomic E-state index is 0.0831. The molecule has 1 fully saturated rings. The van der Waals surface area contributed by atoms with Crippen molar-refractivity contribution in [2.45, 2.75) is 0 Å². The molecule has 1 aromatic carbocycles. The van der Waals surface area contributed by atoms with Crippen LogP contribution in [0.4, 0.5) is 17.3 Å². The second-order valence-corrected chi connectivity index (χ2v) is 6.54. The van der Waals surface area contributed by atoms with Gasteiger partial charge in [0, 0.05) is 18.2 Å². The molecule has 12 heteroatoms. The molecular weight excluding hydrogens is 384 g/mol. The number of hydrogen-bond donors (Lipinski definition) is 1. The van der Waals surface area contributed by atoms with E-state index in [0.29, 0.717) is 5.69 Å². The highest BCUT2D eigenvalue weighted by atomic mass is 32.2. The van der Waals surface area contributed by atoms with Gasteiger partial charge in [0.1, 0.15) is 10.7 Å². The van der Waals surface area contributed by atoms with Gasteiger partial charge in [-0.2, -0.15) is 0 Å². The van der Waals surface area contributed by atoms with E-state index in [1.807, 2.05) is 0 Å². The number of hydrogen-bond acceptors (Lipinski definition) is 9. The molecule has 2 heterocycles. The average molecular weight is 392 g/mol. The number of nitro benzene ring substituents is 1. The summed E-state index contributed by atoms with van der Waals surface area (Å²) in [7, 11) is 0. The summed E-state index contributed by atoms with van der Waals surface area (Å²) in [6, 6.07) is 8.01. The third-order valence-corrected chi connectivity index (χ3v) is 4.48. The fourth-order valence-corrected chi connectivity index (χ4v) is 3.16. The topological polar surface area (TPSA) is 132 Å². The number of thioether (sulfide) groups is 1. The summed E-state index contributed by atoms with van der Waals surface area (Å²) in [6.07, 6.45) is 1.35. The van der Waals surface area contributed by atoms with Crippen molar-refractivity contribution in [1.82, 2.24) is 5.01 Å². The molecular formula is C14H8N4O6S2. The number of anilines is 1. The van der Waals surface area contributed by atoms with Gasteiger partial charge in [0.25, 0.3) is 11.6 Å². The van der Waals surface area contributed by atoms with Crippen LogP contribution in [0.15, 0.2) is 45.7 Å². The van der Waals surface area contributed by atoms with Gasteiger partial charge in [-0.3, -0.25) is 30.4 Å². The molecule has 0 unspecified atom stereocenters. The molecule has 0 spiro atoms. The third-order valence-electron chi connectivity index (χ3n) is 3.18. The van der Waals surface area contributed by atoms with E-state index in [1.165, 1.54) is 42.5 Å². The maximum absolute atomic E-state index is 12.4. The number of rotatable bonds is 5. The molecule has 26 heavy (non-hydrogen) atoms. The summed E-state index contributed by atoms with van der Waals surface area (Å²) < 4.78 is 5.20. The lowest BCUT2D eigenvalue weighted by atomic mass is 10.3. The minimum atomic E-state index is -0.682. The fraction of sp³-hybridized carbons (Fsp3) is 0. The molecule has 0 saturated carbocycles. The van der Waals surface area contributed by atoms with Crippen LogP contribution in [0.3, 0.4) is 0 Å². The Bertz CT molecular complexity index is 953. The number of nitro groups is 2. The van der Waals surface area contributed by atoms with Gasteiger partial charge >= 0.3 is 5.88 Å². The summed E-state index contributed by atoms with van der Waals surface area (Å²) >= 11 is 6.13. The lowest BCUT2D eigenvalue weighted by Crippen LogP contribution is -2.33. The molecule has 0 atom stereocenters. The molecule has 1 saturated heterocycles. The largest absolute Gasteiger partial charge is 0.433 e. The Balaban J connectivity index is 1.76. The second-order valence-electron chi connectivity index (χ2n) is 4.87. The summed E-state index contributed by atoms with van der Waals surface area (Å²) in [5.74, 6) is -0.763. The van der Waals surface area contributed by atoms with Gasteiger partial charge in [-0.1, -0.05) is 11.8 Å². The smallest absolute Gasteiger partial charge is 0.401 e. The minimum Gasteiger partial charge on any atom is -0.401 e. The number of amides is 1. The van der Waals surface area contributed by atoms with Crippen molar-refractivity contribution in [1.29, 1.82) is 0 Å². The van der Waals surface area contributed by atoms with E-state index in [1.54, 1.807) is 0 Å². The van der Waals surface area contributed by atoms with E-state index >= 15 is 0 Å². The van der Waals surface area contributed by atoms with Crippen molar-refractivity contribution in [2.75, 3.05) is 5.43 Å². The van der Waals surface area contributed by atoms with Crippen LogP contribution >= 0.6 is 24.0 Å². The predicted molar refractivity (Wildman–Crippen MR) is 97.1 cm³/mol. The Morgan fingerprint density at radius 3 is 2.38 bits per heavy atom.